The van der Waals surface area contributed by atoms with Crippen LogP contribution < -0.4 is 9.64 Å². The topological polar surface area (TPSA) is 12.5 Å². The molecule has 0 aromatic heterocycles. The summed E-state index contributed by atoms with van der Waals surface area (Å²) in [5.74, 6) is 0.940. The molecule has 0 saturated carbocycles. The number of hydrogen-bond acceptors (Lipinski definition) is 2. The van der Waals surface area contributed by atoms with Crippen molar-refractivity contribution < 1.29 is 4.74 Å². The third-order valence-electron chi connectivity index (χ3n) is 2.99. The zero-order valence-electron chi connectivity index (χ0n) is 11.1. The Morgan fingerprint density at radius 1 is 1.11 bits per heavy atom. The fourth-order valence-corrected chi connectivity index (χ4v) is 2.07. The number of ether oxygens (including phenoxy) is 1. The van der Waals surface area contributed by atoms with Gasteiger partial charge in [0.1, 0.15) is 5.75 Å². The Balaban J connectivity index is 2.34. The van der Waals surface area contributed by atoms with Gasteiger partial charge in [-0.15, -0.1) is 0 Å². The first-order chi connectivity index (χ1) is 8.72. The van der Waals surface area contributed by atoms with Crippen molar-refractivity contribution >= 4 is 5.69 Å². The molecule has 0 aliphatic heterocycles. The van der Waals surface area contributed by atoms with E-state index in [9.17, 15) is 0 Å². The summed E-state index contributed by atoms with van der Waals surface area (Å²) >= 11 is 0. The maximum absolute atomic E-state index is 5.40. The summed E-state index contributed by atoms with van der Waals surface area (Å²) < 4.78 is 5.40. The van der Waals surface area contributed by atoms with E-state index in [0.29, 0.717) is 0 Å². The molecule has 2 nitrogen and oxygen atoms in total. The van der Waals surface area contributed by atoms with E-state index >= 15 is 0 Å². The third kappa shape index (κ3) is 2.65. The van der Waals surface area contributed by atoms with Crippen LogP contribution in [0, 0.1) is 6.07 Å². The highest BCUT2D eigenvalue weighted by molar-refractivity contribution is 5.54. The Bertz CT molecular complexity index is 520. The smallest absolute Gasteiger partial charge is 0.122 e. The summed E-state index contributed by atoms with van der Waals surface area (Å²) in [7, 11) is 5.81. The maximum Gasteiger partial charge on any atom is 0.122 e. The van der Waals surface area contributed by atoms with Crippen LogP contribution in [0.5, 0.6) is 5.75 Å². The van der Waals surface area contributed by atoms with E-state index in [4.69, 9.17) is 4.74 Å². The summed E-state index contributed by atoms with van der Waals surface area (Å²) in [6, 6.07) is 17.4. The molecule has 2 rings (SSSR count). The first-order valence-corrected chi connectivity index (χ1v) is 6.00. The molecule has 0 spiro atoms. The minimum Gasteiger partial charge on any atom is -0.496 e. The summed E-state index contributed by atoms with van der Waals surface area (Å²) in [6.45, 7) is 0. The van der Waals surface area contributed by atoms with Crippen LogP contribution in [0.25, 0.3) is 0 Å². The van der Waals surface area contributed by atoms with Crippen LogP contribution >= 0.6 is 0 Å². The Morgan fingerprint density at radius 2 is 1.89 bits per heavy atom. The van der Waals surface area contributed by atoms with Crippen molar-refractivity contribution in [2.45, 2.75) is 6.42 Å². The molecule has 0 atom stereocenters. The summed E-state index contributed by atoms with van der Waals surface area (Å²) in [4.78, 5) is 2.11. The minimum atomic E-state index is 0.867. The van der Waals surface area contributed by atoms with Gasteiger partial charge in [-0.1, -0.05) is 30.3 Å². The lowest BCUT2D eigenvalue weighted by Crippen LogP contribution is -2.11. The largest absolute Gasteiger partial charge is 0.496 e. The number of para-hydroxylation sites is 1. The predicted molar refractivity (Wildman–Crippen MR) is 75.4 cm³/mol. The standard InChI is InChI=1S/C16H18NO/c1-17(2)15-10-6-4-8-13(15)12-14-9-5-7-11-16(14)18-3/h4-5,7-11H,12H2,1-3H3. The first-order valence-electron chi connectivity index (χ1n) is 6.00. The fraction of sp³-hybridized carbons (Fsp3) is 0.250. The lowest BCUT2D eigenvalue weighted by Gasteiger charge is -2.18. The van der Waals surface area contributed by atoms with Gasteiger partial charge in [-0.2, -0.15) is 0 Å². The molecule has 1 radical (unpaired) electrons. The number of nitrogens with zero attached hydrogens (tertiary/aromatic N) is 1. The molecule has 18 heavy (non-hydrogen) atoms. The average molecular weight is 240 g/mol. The van der Waals surface area contributed by atoms with E-state index in [2.05, 4.69) is 37.2 Å². The summed E-state index contributed by atoms with van der Waals surface area (Å²) in [5.41, 5.74) is 3.68. The van der Waals surface area contributed by atoms with Crippen molar-refractivity contribution in [1.29, 1.82) is 0 Å². The fourth-order valence-electron chi connectivity index (χ4n) is 2.07. The van der Waals surface area contributed by atoms with Crippen LogP contribution in [-0.4, -0.2) is 21.2 Å². The van der Waals surface area contributed by atoms with Gasteiger partial charge in [0.2, 0.25) is 0 Å². The number of hydrogen-bond donors (Lipinski definition) is 0. The van der Waals surface area contributed by atoms with E-state index in [1.165, 1.54) is 16.8 Å². The van der Waals surface area contributed by atoms with E-state index in [0.717, 1.165) is 12.2 Å². The van der Waals surface area contributed by atoms with Gasteiger partial charge >= 0.3 is 0 Å². The van der Waals surface area contributed by atoms with Crippen LogP contribution in [0.2, 0.25) is 0 Å². The minimum absolute atomic E-state index is 0.867. The van der Waals surface area contributed by atoms with Crippen molar-refractivity contribution in [3.8, 4) is 5.75 Å². The molecule has 0 heterocycles. The summed E-state index contributed by atoms with van der Waals surface area (Å²) in [5, 5.41) is 0. The van der Waals surface area contributed by atoms with Gasteiger partial charge in [0.15, 0.2) is 0 Å². The molecule has 2 aromatic rings. The Morgan fingerprint density at radius 3 is 2.61 bits per heavy atom. The lowest BCUT2D eigenvalue weighted by atomic mass is 10.0. The molecule has 0 saturated heterocycles. The Labute approximate surface area is 109 Å². The quantitative estimate of drug-likeness (QED) is 0.814. The average Bonchev–Trinajstić information content (AvgIpc) is 2.40. The van der Waals surface area contributed by atoms with Crippen molar-refractivity contribution in [2.75, 3.05) is 26.1 Å². The molecule has 93 valence electrons. The van der Waals surface area contributed by atoms with Crippen molar-refractivity contribution in [3.63, 3.8) is 0 Å². The Hall–Kier alpha value is -1.96. The molecule has 0 amide bonds. The predicted octanol–water partition coefficient (Wildman–Crippen LogP) is 3.15. The molecule has 0 aliphatic rings. The highest BCUT2D eigenvalue weighted by atomic mass is 16.5. The number of methoxy groups -OCH3 is 1. The summed E-state index contributed by atoms with van der Waals surface area (Å²) in [6.07, 6.45) is 0.867. The molecule has 0 aliphatic carbocycles. The molecule has 2 heteroatoms. The molecule has 2 aromatic carbocycles. The molecule has 0 bridgehead atoms. The normalized spacial score (nSPS) is 10.2. The molecule has 0 unspecified atom stereocenters. The van der Waals surface area contributed by atoms with Gasteiger partial charge in [-0.05, 0) is 29.3 Å². The lowest BCUT2D eigenvalue weighted by molar-refractivity contribution is 0.410. The van der Waals surface area contributed by atoms with E-state index in [-0.39, 0.29) is 0 Å². The van der Waals surface area contributed by atoms with Crippen LogP contribution in [0.1, 0.15) is 11.1 Å². The van der Waals surface area contributed by atoms with Gasteiger partial charge in [-0.25, -0.2) is 0 Å². The SMILES string of the molecule is COc1ccccc1Cc1cc[c]cc1N(C)C. The highest BCUT2D eigenvalue weighted by Gasteiger charge is 2.07. The van der Waals surface area contributed by atoms with E-state index in [1.807, 2.05) is 30.3 Å². The maximum atomic E-state index is 5.40. The van der Waals surface area contributed by atoms with E-state index in [1.54, 1.807) is 7.11 Å². The van der Waals surface area contributed by atoms with Crippen molar-refractivity contribution in [3.05, 3.63) is 59.7 Å². The molecule has 0 N–H and O–H groups in total. The molecule has 0 fully saturated rings. The second kappa shape index (κ2) is 5.58. The van der Waals surface area contributed by atoms with Gasteiger partial charge in [-0.3, -0.25) is 0 Å². The number of benzene rings is 2. The highest BCUT2D eigenvalue weighted by Crippen LogP contribution is 2.25. The number of anilines is 1. The van der Waals surface area contributed by atoms with Crippen molar-refractivity contribution in [2.24, 2.45) is 0 Å². The van der Waals surface area contributed by atoms with Gasteiger partial charge in [0.25, 0.3) is 0 Å². The van der Waals surface area contributed by atoms with Crippen LogP contribution in [0.4, 0.5) is 5.69 Å². The van der Waals surface area contributed by atoms with Crippen LogP contribution in [-0.2, 0) is 6.42 Å². The van der Waals surface area contributed by atoms with Gasteiger partial charge in [0.05, 0.1) is 7.11 Å². The second-order valence-corrected chi connectivity index (χ2v) is 4.44. The van der Waals surface area contributed by atoms with Gasteiger partial charge < -0.3 is 9.64 Å². The van der Waals surface area contributed by atoms with Crippen LogP contribution in [0.3, 0.4) is 0 Å². The monoisotopic (exact) mass is 240 g/mol. The molecular formula is C16H18NO. The van der Waals surface area contributed by atoms with Crippen LogP contribution in [0.15, 0.2) is 42.5 Å². The van der Waals surface area contributed by atoms with Crippen molar-refractivity contribution in [1.82, 2.24) is 0 Å². The number of rotatable bonds is 4. The zero-order valence-corrected chi connectivity index (χ0v) is 11.1. The van der Waals surface area contributed by atoms with E-state index < -0.39 is 0 Å². The molecular weight excluding hydrogens is 222 g/mol. The first kappa shape index (κ1) is 12.5. The Kier molecular flexibility index (Phi) is 3.88. The van der Waals surface area contributed by atoms with Gasteiger partial charge in [0, 0.05) is 26.2 Å². The second-order valence-electron chi connectivity index (χ2n) is 4.44. The third-order valence-corrected chi connectivity index (χ3v) is 2.99. The zero-order chi connectivity index (χ0) is 13.0.